The summed E-state index contributed by atoms with van der Waals surface area (Å²) in [5, 5.41) is 0. The Morgan fingerprint density at radius 1 is 0.793 bits per heavy atom. The van der Waals surface area contributed by atoms with Crippen LogP contribution in [-0.2, 0) is 0 Å². The summed E-state index contributed by atoms with van der Waals surface area (Å²) in [5.41, 5.74) is 7.67. The van der Waals surface area contributed by atoms with Crippen LogP contribution in [0.1, 0.15) is 35.6 Å². The van der Waals surface area contributed by atoms with E-state index in [9.17, 15) is 0 Å². The lowest BCUT2D eigenvalue weighted by atomic mass is 9.88. The molecule has 3 aromatic rings. The van der Waals surface area contributed by atoms with Crippen LogP contribution in [0.4, 0.5) is 0 Å². The Hall–Kier alpha value is -2.84. The van der Waals surface area contributed by atoms with Crippen LogP contribution in [0.15, 0.2) is 78.9 Å². The molecule has 0 fully saturated rings. The van der Waals surface area contributed by atoms with Crippen LogP contribution in [0.5, 0.6) is 5.75 Å². The minimum absolute atomic E-state index is 0.692. The maximum atomic E-state index is 5.89. The Labute approximate surface area is 175 Å². The van der Waals surface area contributed by atoms with Crippen molar-refractivity contribution < 1.29 is 4.74 Å². The molecule has 0 aliphatic rings. The number of aryl methyl sites for hydroxylation is 1. The van der Waals surface area contributed by atoms with E-state index in [-0.39, 0.29) is 0 Å². The minimum Gasteiger partial charge on any atom is -0.492 e. The third-order valence-corrected chi connectivity index (χ3v) is 5.03. The van der Waals surface area contributed by atoms with E-state index in [0.717, 1.165) is 18.7 Å². The van der Waals surface area contributed by atoms with Crippen molar-refractivity contribution in [2.24, 2.45) is 0 Å². The number of allylic oxidation sites excluding steroid dienone is 1. The van der Waals surface area contributed by atoms with Gasteiger partial charge in [-0.3, -0.25) is 0 Å². The molecule has 0 bridgehead atoms. The SMILES string of the molecule is CC/C(=C(/c1ccc(OCCN(C)C)cc1)c1cccc(C)c1)c1ccccc1. The van der Waals surface area contributed by atoms with Crippen LogP contribution in [0.25, 0.3) is 11.1 Å². The number of benzene rings is 3. The van der Waals surface area contributed by atoms with E-state index in [1.165, 1.54) is 33.4 Å². The second kappa shape index (κ2) is 10.1. The smallest absolute Gasteiger partial charge is 0.119 e. The highest BCUT2D eigenvalue weighted by Gasteiger charge is 2.13. The summed E-state index contributed by atoms with van der Waals surface area (Å²) in [4.78, 5) is 2.13. The highest BCUT2D eigenvalue weighted by Crippen LogP contribution is 2.35. The molecule has 3 rings (SSSR count). The molecule has 0 spiro atoms. The van der Waals surface area contributed by atoms with E-state index in [1.807, 2.05) is 0 Å². The zero-order valence-electron chi connectivity index (χ0n) is 18.0. The van der Waals surface area contributed by atoms with Gasteiger partial charge in [-0.25, -0.2) is 0 Å². The lowest BCUT2D eigenvalue weighted by Crippen LogP contribution is -2.19. The summed E-state index contributed by atoms with van der Waals surface area (Å²) in [6.45, 7) is 5.98. The first-order chi connectivity index (χ1) is 14.1. The third kappa shape index (κ3) is 5.58. The van der Waals surface area contributed by atoms with Gasteiger partial charge in [-0.2, -0.15) is 0 Å². The molecule has 2 heteroatoms. The third-order valence-electron chi connectivity index (χ3n) is 5.03. The Bertz CT molecular complexity index is 940. The van der Waals surface area contributed by atoms with Gasteiger partial charge in [0.2, 0.25) is 0 Å². The Morgan fingerprint density at radius 2 is 1.48 bits per heavy atom. The second-order valence-corrected chi connectivity index (χ2v) is 7.62. The molecule has 0 N–H and O–H groups in total. The fourth-order valence-electron chi connectivity index (χ4n) is 3.54. The molecule has 29 heavy (non-hydrogen) atoms. The van der Waals surface area contributed by atoms with Gasteiger partial charge in [-0.1, -0.05) is 79.2 Å². The summed E-state index contributed by atoms with van der Waals surface area (Å²) in [6, 6.07) is 28.0. The van der Waals surface area contributed by atoms with Gasteiger partial charge in [0.25, 0.3) is 0 Å². The highest BCUT2D eigenvalue weighted by atomic mass is 16.5. The lowest BCUT2D eigenvalue weighted by Gasteiger charge is -2.17. The van der Waals surface area contributed by atoms with Crippen LogP contribution in [0.2, 0.25) is 0 Å². The molecule has 0 radical (unpaired) electrons. The fraction of sp³-hybridized carbons (Fsp3) is 0.259. The van der Waals surface area contributed by atoms with E-state index in [0.29, 0.717) is 6.61 Å². The number of nitrogens with zero attached hydrogens (tertiary/aromatic N) is 1. The molecule has 0 unspecified atom stereocenters. The molecular formula is C27H31NO. The average Bonchev–Trinajstić information content (AvgIpc) is 2.73. The maximum absolute atomic E-state index is 5.89. The zero-order valence-corrected chi connectivity index (χ0v) is 18.0. The van der Waals surface area contributed by atoms with Crippen LogP contribution >= 0.6 is 0 Å². The molecular weight excluding hydrogens is 354 g/mol. The van der Waals surface area contributed by atoms with Crippen molar-refractivity contribution in [1.82, 2.24) is 4.90 Å². The lowest BCUT2D eigenvalue weighted by molar-refractivity contribution is 0.261. The normalized spacial score (nSPS) is 12.0. The van der Waals surface area contributed by atoms with E-state index in [2.05, 4.69) is 112 Å². The number of rotatable bonds is 8. The first-order valence-electron chi connectivity index (χ1n) is 10.3. The van der Waals surface area contributed by atoms with Crippen LogP contribution < -0.4 is 4.74 Å². The van der Waals surface area contributed by atoms with Crippen molar-refractivity contribution >= 4 is 11.1 Å². The molecule has 0 aromatic heterocycles. The standard InChI is InChI=1S/C27H31NO/c1-5-26(22-11-7-6-8-12-22)27(24-13-9-10-21(2)20-24)23-14-16-25(17-15-23)29-19-18-28(3)4/h6-17,20H,5,18-19H2,1-4H3/b27-26+. The van der Waals surface area contributed by atoms with Gasteiger partial charge in [0.15, 0.2) is 0 Å². The molecule has 0 heterocycles. The van der Waals surface area contributed by atoms with Crippen molar-refractivity contribution in [2.75, 3.05) is 27.2 Å². The summed E-state index contributed by atoms with van der Waals surface area (Å²) in [5.74, 6) is 0.914. The Balaban J connectivity index is 2.03. The average molecular weight is 386 g/mol. The van der Waals surface area contributed by atoms with E-state index < -0.39 is 0 Å². The van der Waals surface area contributed by atoms with Crippen molar-refractivity contribution in [2.45, 2.75) is 20.3 Å². The highest BCUT2D eigenvalue weighted by molar-refractivity contribution is 5.98. The number of likely N-dealkylation sites (N-methyl/N-ethyl adjacent to an activating group) is 1. The molecule has 0 amide bonds. The summed E-state index contributed by atoms with van der Waals surface area (Å²) in [6.07, 6.45) is 0.967. The molecule has 0 aliphatic heterocycles. The first-order valence-corrected chi connectivity index (χ1v) is 10.3. The summed E-state index contributed by atoms with van der Waals surface area (Å²) in [7, 11) is 4.11. The van der Waals surface area contributed by atoms with Crippen molar-refractivity contribution in [3.05, 3.63) is 101 Å². The Kier molecular flexibility index (Phi) is 7.26. The van der Waals surface area contributed by atoms with Crippen LogP contribution in [-0.4, -0.2) is 32.1 Å². The zero-order chi connectivity index (χ0) is 20.6. The number of ether oxygens (including phenoxy) is 1. The number of hydrogen-bond donors (Lipinski definition) is 0. The largest absolute Gasteiger partial charge is 0.492 e. The summed E-state index contributed by atoms with van der Waals surface area (Å²) >= 11 is 0. The molecule has 3 aromatic carbocycles. The second-order valence-electron chi connectivity index (χ2n) is 7.62. The predicted octanol–water partition coefficient (Wildman–Crippen LogP) is 6.30. The predicted molar refractivity (Wildman–Crippen MR) is 124 cm³/mol. The van der Waals surface area contributed by atoms with E-state index in [4.69, 9.17) is 4.74 Å². The molecule has 0 aliphatic carbocycles. The first kappa shape index (κ1) is 20.9. The van der Waals surface area contributed by atoms with E-state index >= 15 is 0 Å². The van der Waals surface area contributed by atoms with Gasteiger partial charge >= 0.3 is 0 Å². The maximum Gasteiger partial charge on any atom is 0.119 e. The van der Waals surface area contributed by atoms with Gasteiger partial charge in [-0.15, -0.1) is 0 Å². The fourth-order valence-corrected chi connectivity index (χ4v) is 3.54. The van der Waals surface area contributed by atoms with Crippen LogP contribution in [0, 0.1) is 6.92 Å². The molecule has 0 saturated carbocycles. The molecule has 0 saturated heterocycles. The molecule has 150 valence electrons. The molecule has 0 atom stereocenters. The van der Waals surface area contributed by atoms with Crippen molar-refractivity contribution in [1.29, 1.82) is 0 Å². The van der Waals surface area contributed by atoms with Crippen molar-refractivity contribution in [3.8, 4) is 5.75 Å². The summed E-state index contributed by atoms with van der Waals surface area (Å²) < 4.78 is 5.89. The minimum atomic E-state index is 0.692. The van der Waals surface area contributed by atoms with Gasteiger partial charge < -0.3 is 9.64 Å². The monoisotopic (exact) mass is 385 g/mol. The van der Waals surface area contributed by atoms with Gasteiger partial charge in [0.1, 0.15) is 12.4 Å². The van der Waals surface area contributed by atoms with Gasteiger partial charge in [0.05, 0.1) is 0 Å². The molecule has 2 nitrogen and oxygen atoms in total. The van der Waals surface area contributed by atoms with Gasteiger partial charge in [-0.05, 0) is 67.4 Å². The Morgan fingerprint density at radius 3 is 2.10 bits per heavy atom. The van der Waals surface area contributed by atoms with Crippen molar-refractivity contribution in [3.63, 3.8) is 0 Å². The topological polar surface area (TPSA) is 12.5 Å². The quantitative estimate of drug-likeness (QED) is 0.422. The van der Waals surface area contributed by atoms with Crippen LogP contribution in [0.3, 0.4) is 0 Å². The number of hydrogen-bond acceptors (Lipinski definition) is 2. The van der Waals surface area contributed by atoms with Gasteiger partial charge in [0, 0.05) is 6.54 Å². The van der Waals surface area contributed by atoms with E-state index in [1.54, 1.807) is 0 Å².